The van der Waals surface area contributed by atoms with Gasteiger partial charge in [-0.15, -0.1) is 0 Å². The largest absolute Gasteiger partial charge is 0.466 e. The number of nitrogens with one attached hydrogen (secondary N) is 1. The van der Waals surface area contributed by atoms with Crippen LogP contribution in [-0.4, -0.2) is 49.3 Å². The monoisotopic (exact) mass is 457 g/mol. The first-order valence-electron chi connectivity index (χ1n) is 11.1. The summed E-state index contributed by atoms with van der Waals surface area (Å²) in [5.74, 6) is -2.23. The molecule has 0 saturated carbocycles. The highest BCUT2D eigenvalue weighted by molar-refractivity contribution is 6.00. The number of esters is 1. The number of Topliss-reactive ketones (excluding diaryl/α,β-unsaturated/α-hetero) is 1. The van der Waals surface area contributed by atoms with Gasteiger partial charge in [0.25, 0.3) is 0 Å². The molecule has 2 saturated heterocycles. The van der Waals surface area contributed by atoms with Gasteiger partial charge >= 0.3 is 5.97 Å². The van der Waals surface area contributed by atoms with E-state index < -0.39 is 42.3 Å². The van der Waals surface area contributed by atoms with E-state index >= 15 is 0 Å². The number of hydrogen-bond acceptors (Lipinski definition) is 8. The normalized spacial score (nSPS) is 30.8. The molecule has 2 fully saturated rings. The number of ketones is 1. The summed E-state index contributed by atoms with van der Waals surface area (Å²) in [5, 5.41) is 3.14. The fourth-order valence-electron chi connectivity index (χ4n) is 4.96. The van der Waals surface area contributed by atoms with Gasteiger partial charge < -0.3 is 29.0 Å². The topological polar surface area (TPSA) is 92.3 Å². The van der Waals surface area contributed by atoms with Crippen molar-refractivity contribution in [2.75, 3.05) is 7.11 Å². The van der Waals surface area contributed by atoms with Crippen molar-refractivity contribution in [1.29, 1.82) is 0 Å². The molecule has 0 radical (unpaired) electrons. The van der Waals surface area contributed by atoms with Crippen molar-refractivity contribution in [3.63, 3.8) is 0 Å². The van der Waals surface area contributed by atoms with Crippen molar-refractivity contribution in [3.05, 3.63) is 58.4 Å². The van der Waals surface area contributed by atoms with Crippen LogP contribution in [0.1, 0.15) is 40.2 Å². The molecule has 3 heterocycles. The van der Waals surface area contributed by atoms with Crippen molar-refractivity contribution >= 4 is 11.8 Å². The predicted octanol–water partition coefficient (Wildman–Crippen LogP) is 2.98. The average molecular weight is 458 g/mol. The number of carbonyl (C=O) groups is 2. The second-order valence-electron chi connectivity index (χ2n) is 9.06. The van der Waals surface area contributed by atoms with Crippen LogP contribution in [0.25, 0.3) is 0 Å². The number of ether oxygens (including phenoxy) is 5. The van der Waals surface area contributed by atoms with Crippen LogP contribution in [0, 0.1) is 5.92 Å². The zero-order chi connectivity index (χ0) is 23.9. The van der Waals surface area contributed by atoms with E-state index in [1.54, 1.807) is 6.92 Å². The molecule has 0 amide bonds. The Labute approximate surface area is 193 Å². The van der Waals surface area contributed by atoms with E-state index in [0.29, 0.717) is 29.1 Å². The molecule has 33 heavy (non-hydrogen) atoms. The Morgan fingerprint density at radius 1 is 1.03 bits per heavy atom. The number of hydrogen-bond donors (Lipinski definition) is 1. The van der Waals surface area contributed by atoms with Crippen LogP contribution in [0.2, 0.25) is 0 Å². The van der Waals surface area contributed by atoms with Crippen LogP contribution < -0.4 is 5.32 Å². The van der Waals surface area contributed by atoms with E-state index in [9.17, 15) is 9.59 Å². The van der Waals surface area contributed by atoms with Crippen molar-refractivity contribution < 1.29 is 33.3 Å². The molecule has 0 spiro atoms. The maximum Gasteiger partial charge on any atom is 0.336 e. The van der Waals surface area contributed by atoms with E-state index in [1.165, 1.54) is 14.0 Å². The van der Waals surface area contributed by atoms with Gasteiger partial charge in [0.15, 0.2) is 17.9 Å². The SMILES string of the molecule is COC(=O)C1=C(C)NC(C)=C(C(C)=O)C1[C@@H]1O[C@H]2OC(C)(C)O[C@H]2[C@@H]1OCc1ccccc1. The van der Waals surface area contributed by atoms with Crippen molar-refractivity contribution in [3.8, 4) is 0 Å². The van der Waals surface area contributed by atoms with Gasteiger partial charge in [0, 0.05) is 17.0 Å². The Bertz CT molecular complexity index is 997. The number of benzene rings is 1. The average Bonchev–Trinajstić information content (AvgIpc) is 3.23. The summed E-state index contributed by atoms with van der Waals surface area (Å²) in [7, 11) is 1.32. The van der Waals surface area contributed by atoms with Crippen LogP contribution in [0.4, 0.5) is 0 Å². The minimum Gasteiger partial charge on any atom is -0.466 e. The van der Waals surface area contributed by atoms with Crippen molar-refractivity contribution in [1.82, 2.24) is 5.32 Å². The molecule has 4 rings (SSSR count). The van der Waals surface area contributed by atoms with Gasteiger partial charge in [-0.2, -0.15) is 0 Å². The molecule has 1 unspecified atom stereocenters. The third-order valence-electron chi connectivity index (χ3n) is 6.23. The Morgan fingerprint density at radius 3 is 2.33 bits per heavy atom. The number of carbonyl (C=O) groups excluding carboxylic acids is 2. The van der Waals surface area contributed by atoms with Crippen LogP contribution in [-0.2, 0) is 39.9 Å². The van der Waals surface area contributed by atoms with Gasteiger partial charge in [0.05, 0.1) is 25.2 Å². The molecule has 1 N–H and O–H groups in total. The van der Waals surface area contributed by atoms with Gasteiger partial charge in [-0.3, -0.25) is 4.79 Å². The van der Waals surface area contributed by atoms with Gasteiger partial charge in [-0.25, -0.2) is 4.79 Å². The lowest BCUT2D eigenvalue weighted by Crippen LogP contribution is -2.45. The minimum absolute atomic E-state index is 0.163. The molecule has 8 nitrogen and oxygen atoms in total. The molecule has 3 aliphatic heterocycles. The van der Waals surface area contributed by atoms with Gasteiger partial charge in [0.1, 0.15) is 18.3 Å². The summed E-state index contributed by atoms with van der Waals surface area (Å²) in [4.78, 5) is 25.6. The molecular formula is C25H31NO7. The zero-order valence-corrected chi connectivity index (χ0v) is 19.8. The molecule has 178 valence electrons. The lowest BCUT2D eigenvalue weighted by Gasteiger charge is -2.36. The summed E-state index contributed by atoms with van der Waals surface area (Å²) in [6, 6.07) is 9.76. The molecule has 1 aromatic carbocycles. The summed E-state index contributed by atoms with van der Waals surface area (Å²) >= 11 is 0. The number of dihydropyridines is 1. The number of allylic oxidation sites excluding steroid dienone is 2. The van der Waals surface area contributed by atoms with Crippen LogP contribution >= 0.6 is 0 Å². The zero-order valence-electron chi connectivity index (χ0n) is 19.8. The lowest BCUT2D eigenvalue weighted by molar-refractivity contribution is -0.223. The van der Waals surface area contributed by atoms with Gasteiger partial charge in [-0.1, -0.05) is 30.3 Å². The predicted molar refractivity (Wildman–Crippen MR) is 118 cm³/mol. The Morgan fingerprint density at radius 2 is 1.70 bits per heavy atom. The summed E-state index contributed by atoms with van der Waals surface area (Å²) in [6.45, 7) is 9.03. The van der Waals surface area contributed by atoms with Gasteiger partial charge in [-0.05, 0) is 40.2 Å². The first kappa shape index (κ1) is 23.6. The second kappa shape index (κ2) is 9.02. The van der Waals surface area contributed by atoms with Crippen molar-refractivity contribution in [2.24, 2.45) is 5.92 Å². The first-order valence-corrected chi connectivity index (χ1v) is 11.1. The minimum atomic E-state index is -0.838. The third-order valence-corrected chi connectivity index (χ3v) is 6.23. The maximum absolute atomic E-state index is 12.8. The molecule has 1 aromatic rings. The van der Waals surface area contributed by atoms with E-state index in [0.717, 1.165) is 5.56 Å². The number of methoxy groups -OCH3 is 1. The number of rotatable bonds is 6. The standard InChI is InChI=1S/C25H31NO7/c1-13-17(15(3)27)19(18(14(2)26-13)23(28)29-6)20-21(30-12-16-10-8-7-9-11-16)22-24(31-20)33-25(4,5)32-22/h7-11,19-22,24,26H,12H2,1-6H3/t19?,20-,21+,22-,24-/m0/s1. The van der Waals surface area contributed by atoms with Crippen LogP contribution in [0.15, 0.2) is 52.9 Å². The van der Waals surface area contributed by atoms with Gasteiger partial charge in [0.2, 0.25) is 0 Å². The fourth-order valence-corrected chi connectivity index (χ4v) is 4.96. The van der Waals surface area contributed by atoms with Crippen LogP contribution in [0.3, 0.4) is 0 Å². The maximum atomic E-state index is 12.8. The van der Waals surface area contributed by atoms with E-state index in [1.807, 2.05) is 51.1 Å². The summed E-state index contributed by atoms with van der Waals surface area (Å²) in [5.41, 5.74) is 3.06. The van der Waals surface area contributed by atoms with E-state index in [-0.39, 0.29) is 5.78 Å². The fraction of sp³-hybridized carbons (Fsp3) is 0.520. The molecule has 8 heteroatoms. The van der Waals surface area contributed by atoms with E-state index in [2.05, 4.69) is 5.32 Å². The Hall–Kier alpha value is -2.52. The molecule has 0 aromatic heterocycles. The quantitative estimate of drug-likeness (QED) is 0.652. The Kier molecular flexibility index (Phi) is 6.46. The first-order chi connectivity index (χ1) is 15.6. The molecule has 3 aliphatic rings. The Balaban J connectivity index is 1.74. The van der Waals surface area contributed by atoms with E-state index in [4.69, 9.17) is 23.7 Å². The van der Waals surface area contributed by atoms with Crippen molar-refractivity contribution in [2.45, 2.75) is 71.6 Å². The molecule has 0 aliphatic carbocycles. The lowest BCUT2D eigenvalue weighted by atomic mass is 9.78. The highest BCUT2D eigenvalue weighted by Crippen LogP contribution is 2.46. The number of fused-ring (bicyclic) bond motifs is 1. The summed E-state index contributed by atoms with van der Waals surface area (Å²) in [6.07, 6.45) is -2.49. The smallest absolute Gasteiger partial charge is 0.336 e. The van der Waals surface area contributed by atoms with Crippen LogP contribution in [0.5, 0.6) is 0 Å². The highest BCUT2D eigenvalue weighted by Gasteiger charge is 2.59. The highest BCUT2D eigenvalue weighted by atomic mass is 16.8. The molecular weight excluding hydrogens is 426 g/mol. The molecule has 5 atom stereocenters. The summed E-state index contributed by atoms with van der Waals surface area (Å²) < 4.78 is 29.9. The molecule has 0 bridgehead atoms. The third kappa shape index (κ3) is 4.48. The second-order valence-corrected chi connectivity index (χ2v) is 9.06.